The van der Waals surface area contributed by atoms with E-state index in [0.717, 1.165) is 16.9 Å². The lowest BCUT2D eigenvalue weighted by Crippen LogP contribution is -2.28. The van der Waals surface area contributed by atoms with Gasteiger partial charge in [0, 0.05) is 0 Å². The Morgan fingerprint density at radius 1 is 1.04 bits per heavy atom. The average Bonchev–Trinajstić information content (AvgIpc) is 2.63. The van der Waals surface area contributed by atoms with Crippen molar-refractivity contribution < 1.29 is 19.0 Å². The van der Waals surface area contributed by atoms with E-state index in [9.17, 15) is 4.79 Å². The van der Waals surface area contributed by atoms with Crippen LogP contribution >= 0.6 is 0 Å². The highest BCUT2D eigenvalue weighted by molar-refractivity contribution is 5.79. The van der Waals surface area contributed by atoms with Gasteiger partial charge in [-0.1, -0.05) is 18.2 Å². The standard InChI is InChI=1S/C21H27NO4/c1-5-25-19-11-10-17(14-20(19)26-6-2)15(3)22-21(23)13-16-8-7-9-18(12-16)24-4/h7-12,14-15H,5-6,13H2,1-4H3,(H,22,23). The Kier molecular flexibility index (Phi) is 7.33. The summed E-state index contributed by atoms with van der Waals surface area (Å²) in [6.45, 7) is 6.95. The van der Waals surface area contributed by atoms with E-state index in [1.807, 2.05) is 63.2 Å². The van der Waals surface area contributed by atoms with Crippen molar-refractivity contribution in [1.82, 2.24) is 5.32 Å². The summed E-state index contributed by atoms with van der Waals surface area (Å²) in [5.74, 6) is 2.11. The molecule has 0 heterocycles. The number of rotatable bonds is 9. The smallest absolute Gasteiger partial charge is 0.224 e. The van der Waals surface area contributed by atoms with E-state index in [0.29, 0.717) is 31.1 Å². The highest BCUT2D eigenvalue weighted by Gasteiger charge is 2.14. The Balaban J connectivity index is 2.04. The second-order valence-corrected chi connectivity index (χ2v) is 5.89. The van der Waals surface area contributed by atoms with E-state index < -0.39 is 0 Å². The summed E-state index contributed by atoms with van der Waals surface area (Å²) >= 11 is 0. The van der Waals surface area contributed by atoms with Crippen molar-refractivity contribution in [1.29, 1.82) is 0 Å². The Bertz CT molecular complexity index is 730. The van der Waals surface area contributed by atoms with Crippen molar-refractivity contribution in [3.63, 3.8) is 0 Å². The minimum Gasteiger partial charge on any atom is -0.497 e. The fraction of sp³-hybridized carbons (Fsp3) is 0.381. The minimum absolute atomic E-state index is 0.0439. The van der Waals surface area contributed by atoms with Gasteiger partial charge in [0.05, 0.1) is 32.8 Å². The molecule has 0 aliphatic carbocycles. The Labute approximate surface area is 155 Å². The van der Waals surface area contributed by atoms with Crippen LogP contribution in [0, 0.1) is 0 Å². The van der Waals surface area contributed by atoms with Crippen molar-refractivity contribution in [2.24, 2.45) is 0 Å². The summed E-state index contributed by atoms with van der Waals surface area (Å²) in [5.41, 5.74) is 1.88. The van der Waals surface area contributed by atoms with Gasteiger partial charge in [-0.25, -0.2) is 0 Å². The van der Waals surface area contributed by atoms with Crippen LogP contribution in [0.5, 0.6) is 17.2 Å². The van der Waals surface area contributed by atoms with Gasteiger partial charge in [-0.05, 0) is 56.2 Å². The predicted octanol–water partition coefficient (Wildman–Crippen LogP) is 3.91. The molecule has 0 spiro atoms. The van der Waals surface area contributed by atoms with Crippen LogP contribution in [0.1, 0.15) is 37.9 Å². The van der Waals surface area contributed by atoms with Crippen molar-refractivity contribution in [2.75, 3.05) is 20.3 Å². The molecule has 1 N–H and O–H groups in total. The molecule has 0 aromatic heterocycles. The van der Waals surface area contributed by atoms with Gasteiger partial charge in [0.1, 0.15) is 5.75 Å². The lowest BCUT2D eigenvalue weighted by molar-refractivity contribution is -0.121. The van der Waals surface area contributed by atoms with Gasteiger partial charge >= 0.3 is 0 Å². The van der Waals surface area contributed by atoms with E-state index in [-0.39, 0.29) is 11.9 Å². The first kappa shape index (κ1) is 19.6. The predicted molar refractivity (Wildman–Crippen MR) is 102 cm³/mol. The third-order valence-electron chi connectivity index (χ3n) is 3.94. The first-order valence-electron chi connectivity index (χ1n) is 8.89. The maximum Gasteiger partial charge on any atom is 0.224 e. The molecule has 0 fully saturated rings. The lowest BCUT2D eigenvalue weighted by Gasteiger charge is -2.17. The number of methoxy groups -OCH3 is 1. The molecule has 5 heteroatoms. The fourth-order valence-electron chi connectivity index (χ4n) is 2.68. The van der Waals surface area contributed by atoms with Crippen LogP contribution in [-0.4, -0.2) is 26.2 Å². The summed E-state index contributed by atoms with van der Waals surface area (Å²) in [6, 6.07) is 13.1. The van der Waals surface area contributed by atoms with E-state index in [2.05, 4.69) is 5.32 Å². The summed E-state index contributed by atoms with van der Waals surface area (Å²) in [5, 5.41) is 3.03. The number of amides is 1. The molecular formula is C21H27NO4. The molecule has 0 aliphatic heterocycles. The quantitative estimate of drug-likeness (QED) is 0.739. The maximum atomic E-state index is 12.4. The van der Waals surface area contributed by atoms with E-state index in [1.165, 1.54) is 0 Å². The first-order valence-corrected chi connectivity index (χ1v) is 8.89. The second-order valence-electron chi connectivity index (χ2n) is 5.89. The first-order chi connectivity index (χ1) is 12.6. The van der Waals surface area contributed by atoms with E-state index in [4.69, 9.17) is 14.2 Å². The van der Waals surface area contributed by atoms with Crippen molar-refractivity contribution in [3.05, 3.63) is 53.6 Å². The number of nitrogens with one attached hydrogen (secondary N) is 1. The van der Waals surface area contributed by atoms with Crippen molar-refractivity contribution in [3.8, 4) is 17.2 Å². The van der Waals surface area contributed by atoms with Gasteiger partial charge in [-0.15, -0.1) is 0 Å². The van der Waals surface area contributed by atoms with Gasteiger partial charge < -0.3 is 19.5 Å². The molecule has 5 nitrogen and oxygen atoms in total. The van der Waals surface area contributed by atoms with Gasteiger partial charge in [-0.3, -0.25) is 4.79 Å². The largest absolute Gasteiger partial charge is 0.497 e. The minimum atomic E-state index is -0.136. The highest BCUT2D eigenvalue weighted by atomic mass is 16.5. The maximum absolute atomic E-state index is 12.4. The second kappa shape index (κ2) is 9.70. The fourth-order valence-corrected chi connectivity index (χ4v) is 2.68. The molecule has 1 atom stereocenters. The van der Waals surface area contributed by atoms with Gasteiger partial charge in [0.15, 0.2) is 11.5 Å². The number of benzene rings is 2. The highest BCUT2D eigenvalue weighted by Crippen LogP contribution is 2.30. The summed E-state index contributed by atoms with van der Waals surface area (Å²) in [4.78, 5) is 12.4. The SMILES string of the molecule is CCOc1ccc(C(C)NC(=O)Cc2cccc(OC)c2)cc1OCC. The van der Waals surface area contributed by atoms with E-state index in [1.54, 1.807) is 7.11 Å². The molecule has 0 aliphatic rings. The molecule has 0 saturated heterocycles. The molecule has 2 aromatic carbocycles. The number of carbonyl (C=O) groups is 1. The number of hydrogen-bond donors (Lipinski definition) is 1. The Morgan fingerprint density at radius 3 is 2.46 bits per heavy atom. The van der Waals surface area contributed by atoms with Crippen LogP contribution in [0.2, 0.25) is 0 Å². The molecule has 140 valence electrons. The zero-order valence-corrected chi connectivity index (χ0v) is 15.9. The molecule has 26 heavy (non-hydrogen) atoms. The zero-order valence-electron chi connectivity index (χ0n) is 15.9. The zero-order chi connectivity index (χ0) is 18.9. The monoisotopic (exact) mass is 357 g/mol. The van der Waals surface area contributed by atoms with Gasteiger partial charge in [0.25, 0.3) is 0 Å². The van der Waals surface area contributed by atoms with Crippen LogP contribution in [0.25, 0.3) is 0 Å². The van der Waals surface area contributed by atoms with Gasteiger partial charge in [0.2, 0.25) is 5.91 Å². The van der Waals surface area contributed by atoms with Crippen LogP contribution in [0.3, 0.4) is 0 Å². The average molecular weight is 357 g/mol. The number of ether oxygens (including phenoxy) is 3. The van der Waals surface area contributed by atoms with Gasteiger partial charge in [-0.2, -0.15) is 0 Å². The molecule has 1 unspecified atom stereocenters. The molecule has 1 amide bonds. The molecule has 2 rings (SSSR count). The molecule has 0 radical (unpaired) electrons. The van der Waals surface area contributed by atoms with Crippen LogP contribution in [0.15, 0.2) is 42.5 Å². The summed E-state index contributed by atoms with van der Waals surface area (Å²) in [6.07, 6.45) is 0.302. The third-order valence-corrected chi connectivity index (χ3v) is 3.94. The van der Waals surface area contributed by atoms with Crippen molar-refractivity contribution >= 4 is 5.91 Å². The molecule has 2 aromatic rings. The molecular weight excluding hydrogens is 330 g/mol. The topological polar surface area (TPSA) is 56.8 Å². The number of hydrogen-bond acceptors (Lipinski definition) is 4. The van der Waals surface area contributed by atoms with Crippen LogP contribution in [0.4, 0.5) is 0 Å². The third kappa shape index (κ3) is 5.41. The Hall–Kier alpha value is -2.69. The van der Waals surface area contributed by atoms with Crippen LogP contribution < -0.4 is 19.5 Å². The summed E-state index contributed by atoms with van der Waals surface area (Å²) in [7, 11) is 1.61. The molecule has 0 bridgehead atoms. The molecule has 0 saturated carbocycles. The lowest BCUT2D eigenvalue weighted by atomic mass is 10.1. The summed E-state index contributed by atoms with van der Waals surface area (Å²) < 4.78 is 16.4. The number of carbonyl (C=O) groups excluding carboxylic acids is 1. The van der Waals surface area contributed by atoms with E-state index >= 15 is 0 Å². The normalized spacial score (nSPS) is 11.5. The Morgan fingerprint density at radius 2 is 1.77 bits per heavy atom. The van der Waals surface area contributed by atoms with Crippen molar-refractivity contribution in [2.45, 2.75) is 33.2 Å². The van der Waals surface area contributed by atoms with Crippen LogP contribution in [-0.2, 0) is 11.2 Å².